The summed E-state index contributed by atoms with van der Waals surface area (Å²) in [7, 11) is 0. The minimum atomic E-state index is -0.152. The molecule has 2 heterocycles. The van der Waals surface area contributed by atoms with Crippen LogP contribution in [0.2, 0.25) is 0 Å². The average Bonchev–Trinajstić information content (AvgIpc) is 3.32. The second kappa shape index (κ2) is 8.17. The number of aromatic nitrogens is 2. The topological polar surface area (TPSA) is 64.0 Å². The molecule has 2 aromatic heterocycles. The van der Waals surface area contributed by atoms with Crippen LogP contribution in [0.4, 0.5) is 0 Å². The Morgan fingerprint density at radius 3 is 2.68 bits per heavy atom. The number of aryl methyl sites for hydroxylation is 1. The third kappa shape index (κ3) is 3.78. The lowest BCUT2D eigenvalue weighted by molar-refractivity contribution is -0.122. The number of rotatable bonds is 5. The Morgan fingerprint density at radius 1 is 1.29 bits per heavy atom. The molecule has 0 radical (unpaired) electrons. The first-order chi connectivity index (χ1) is 13.6. The van der Waals surface area contributed by atoms with Crippen LogP contribution in [0.3, 0.4) is 0 Å². The Bertz CT molecular complexity index is 1070. The zero-order valence-electron chi connectivity index (χ0n) is 15.7. The molecule has 1 amide bonds. The first kappa shape index (κ1) is 19.3. The molecule has 0 saturated heterocycles. The number of fused-ring (bicyclic) bond motifs is 1. The van der Waals surface area contributed by atoms with Crippen molar-refractivity contribution in [2.75, 3.05) is 0 Å². The van der Waals surface area contributed by atoms with E-state index in [2.05, 4.69) is 33.2 Å². The maximum atomic E-state index is 13.2. The highest BCUT2D eigenvalue weighted by molar-refractivity contribution is 9.10. The highest BCUT2D eigenvalue weighted by Crippen LogP contribution is 2.36. The van der Waals surface area contributed by atoms with Crippen LogP contribution in [0.15, 0.2) is 39.9 Å². The number of benzene rings is 1. The lowest BCUT2D eigenvalue weighted by Gasteiger charge is -2.12. The lowest BCUT2D eigenvalue weighted by atomic mass is 10.0. The molecular formula is C21H22BrN3O2S. The van der Waals surface area contributed by atoms with Gasteiger partial charge in [-0.05, 0) is 37.0 Å². The van der Waals surface area contributed by atoms with Gasteiger partial charge in [-0.1, -0.05) is 47.8 Å². The summed E-state index contributed by atoms with van der Waals surface area (Å²) in [5, 5.41) is 3.65. The SMILES string of the molecule is CCc1sc2ncn(CC(=O)NC3CCCC3)c(=O)c2c1-c1ccc(Br)cc1. The average molecular weight is 460 g/mol. The highest BCUT2D eigenvalue weighted by Gasteiger charge is 2.20. The van der Waals surface area contributed by atoms with Crippen molar-refractivity contribution in [2.45, 2.75) is 51.6 Å². The van der Waals surface area contributed by atoms with Gasteiger partial charge in [-0.25, -0.2) is 4.98 Å². The van der Waals surface area contributed by atoms with Crippen molar-refractivity contribution >= 4 is 43.4 Å². The second-order valence-corrected chi connectivity index (χ2v) is 9.17. The van der Waals surface area contributed by atoms with Crippen molar-refractivity contribution in [1.29, 1.82) is 0 Å². The van der Waals surface area contributed by atoms with Gasteiger partial charge < -0.3 is 5.32 Å². The molecule has 1 N–H and O–H groups in total. The van der Waals surface area contributed by atoms with Crippen molar-refractivity contribution in [3.05, 3.63) is 50.3 Å². The van der Waals surface area contributed by atoms with E-state index >= 15 is 0 Å². The number of thiophene rings is 1. The number of carbonyl (C=O) groups is 1. The molecule has 0 bridgehead atoms. The van der Waals surface area contributed by atoms with Gasteiger partial charge >= 0.3 is 0 Å². The highest BCUT2D eigenvalue weighted by atomic mass is 79.9. The van der Waals surface area contributed by atoms with Crippen molar-refractivity contribution < 1.29 is 4.79 Å². The molecule has 0 spiro atoms. The van der Waals surface area contributed by atoms with E-state index in [-0.39, 0.29) is 24.1 Å². The number of halogens is 1. The summed E-state index contributed by atoms with van der Waals surface area (Å²) < 4.78 is 2.43. The molecule has 3 aromatic rings. The van der Waals surface area contributed by atoms with Gasteiger partial charge in [-0.3, -0.25) is 14.2 Å². The summed E-state index contributed by atoms with van der Waals surface area (Å²) in [6, 6.07) is 8.21. The second-order valence-electron chi connectivity index (χ2n) is 7.17. The van der Waals surface area contributed by atoms with Gasteiger partial charge in [0.25, 0.3) is 5.56 Å². The van der Waals surface area contributed by atoms with Gasteiger partial charge in [-0.2, -0.15) is 0 Å². The molecule has 1 aromatic carbocycles. The van der Waals surface area contributed by atoms with E-state index in [1.165, 1.54) is 10.9 Å². The Balaban J connectivity index is 1.73. The number of hydrogen-bond acceptors (Lipinski definition) is 4. The van der Waals surface area contributed by atoms with E-state index in [1.54, 1.807) is 11.3 Å². The molecule has 28 heavy (non-hydrogen) atoms. The van der Waals surface area contributed by atoms with Crippen molar-refractivity contribution in [3.63, 3.8) is 0 Å². The Labute approximate surface area is 175 Å². The first-order valence-corrected chi connectivity index (χ1v) is 11.2. The van der Waals surface area contributed by atoms with E-state index in [0.717, 1.165) is 57.4 Å². The van der Waals surface area contributed by atoms with Crippen LogP contribution in [0.5, 0.6) is 0 Å². The van der Waals surface area contributed by atoms with E-state index < -0.39 is 0 Å². The smallest absolute Gasteiger partial charge is 0.263 e. The van der Waals surface area contributed by atoms with Gasteiger partial charge in [0, 0.05) is 21.0 Å². The monoisotopic (exact) mass is 459 g/mol. The molecule has 0 unspecified atom stereocenters. The number of nitrogens with one attached hydrogen (secondary N) is 1. The van der Waals surface area contributed by atoms with Crippen LogP contribution in [0.25, 0.3) is 21.3 Å². The summed E-state index contributed by atoms with van der Waals surface area (Å²) in [5.41, 5.74) is 1.79. The van der Waals surface area contributed by atoms with E-state index in [0.29, 0.717) is 5.39 Å². The van der Waals surface area contributed by atoms with Crippen molar-refractivity contribution in [1.82, 2.24) is 14.9 Å². The Kier molecular flexibility index (Phi) is 5.64. The standard InChI is InChI=1S/C21H22BrN3O2S/c1-2-16-18(13-7-9-14(22)10-8-13)19-20(28-16)23-12-25(21(19)27)11-17(26)24-15-5-3-4-6-15/h7-10,12,15H,2-6,11H2,1H3,(H,24,26). The number of nitrogens with zero attached hydrogens (tertiary/aromatic N) is 2. The third-order valence-electron chi connectivity index (χ3n) is 5.24. The van der Waals surface area contributed by atoms with Crippen LogP contribution in [-0.2, 0) is 17.8 Å². The van der Waals surface area contributed by atoms with Gasteiger partial charge in [0.2, 0.25) is 5.91 Å². The van der Waals surface area contributed by atoms with Gasteiger partial charge in [-0.15, -0.1) is 11.3 Å². The molecule has 1 fully saturated rings. The van der Waals surface area contributed by atoms with E-state index in [4.69, 9.17) is 0 Å². The molecule has 146 valence electrons. The van der Waals surface area contributed by atoms with Crippen molar-refractivity contribution in [2.24, 2.45) is 0 Å². The molecule has 7 heteroatoms. The molecule has 4 rings (SSSR count). The fraction of sp³-hybridized carbons (Fsp3) is 0.381. The fourth-order valence-electron chi connectivity index (χ4n) is 3.85. The minimum absolute atomic E-state index is 0.00928. The van der Waals surface area contributed by atoms with E-state index in [9.17, 15) is 9.59 Å². The summed E-state index contributed by atoms with van der Waals surface area (Å²) in [4.78, 5) is 32.0. The van der Waals surface area contributed by atoms with Crippen LogP contribution in [0, 0.1) is 0 Å². The zero-order chi connectivity index (χ0) is 19.7. The van der Waals surface area contributed by atoms with Crippen LogP contribution in [-0.4, -0.2) is 21.5 Å². The normalized spacial score (nSPS) is 14.6. The molecule has 5 nitrogen and oxygen atoms in total. The molecular weight excluding hydrogens is 438 g/mol. The number of hydrogen-bond donors (Lipinski definition) is 1. The maximum absolute atomic E-state index is 13.2. The number of amides is 1. The zero-order valence-corrected chi connectivity index (χ0v) is 18.1. The molecule has 1 aliphatic carbocycles. The predicted molar refractivity (Wildman–Crippen MR) is 117 cm³/mol. The summed E-state index contributed by atoms with van der Waals surface area (Å²) in [6.45, 7) is 2.09. The number of carbonyl (C=O) groups excluding carboxylic acids is 1. The first-order valence-electron chi connectivity index (χ1n) is 9.63. The minimum Gasteiger partial charge on any atom is -0.352 e. The fourth-order valence-corrected chi connectivity index (χ4v) is 5.21. The summed E-state index contributed by atoms with van der Waals surface area (Å²) in [5.74, 6) is -0.119. The summed E-state index contributed by atoms with van der Waals surface area (Å²) in [6.07, 6.45) is 6.69. The molecule has 1 saturated carbocycles. The quantitative estimate of drug-likeness (QED) is 0.610. The Hall–Kier alpha value is -1.99. The van der Waals surface area contributed by atoms with Gasteiger partial charge in [0.1, 0.15) is 11.4 Å². The third-order valence-corrected chi connectivity index (χ3v) is 7.01. The lowest BCUT2D eigenvalue weighted by Crippen LogP contribution is -2.37. The Morgan fingerprint density at radius 2 is 2.00 bits per heavy atom. The van der Waals surface area contributed by atoms with Crippen molar-refractivity contribution in [3.8, 4) is 11.1 Å². The maximum Gasteiger partial charge on any atom is 0.263 e. The molecule has 0 aliphatic heterocycles. The largest absolute Gasteiger partial charge is 0.352 e. The molecule has 1 aliphatic rings. The van der Waals surface area contributed by atoms with Crippen LogP contribution < -0.4 is 10.9 Å². The van der Waals surface area contributed by atoms with Crippen LogP contribution >= 0.6 is 27.3 Å². The summed E-state index contributed by atoms with van der Waals surface area (Å²) >= 11 is 5.02. The van der Waals surface area contributed by atoms with Gasteiger partial charge in [0.15, 0.2) is 0 Å². The van der Waals surface area contributed by atoms with E-state index in [1.807, 2.05) is 24.3 Å². The predicted octanol–water partition coefficient (Wildman–Crippen LogP) is 4.51. The molecule has 0 atom stereocenters. The van der Waals surface area contributed by atoms with Crippen LogP contribution in [0.1, 0.15) is 37.5 Å². The van der Waals surface area contributed by atoms with Gasteiger partial charge in [0.05, 0.1) is 11.7 Å².